The lowest BCUT2D eigenvalue weighted by Gasteiger charge is -2.35. The van der Waals surface area contributed by atoms with Gasteiger partial charge in [0.05, 0.1) is 12.6 Å². The normalized spacial score (nSPS) is 18.7. The van der Waals surface area contributed by atoms with Gasteiger partial charge in [-0.3, -0.25) is 4.90 Å². The number of carbonyl (C=O) groups excluding carboxylic acids is 1. The minimum absolute atomic E-state index is 0.0951. The number of carbonyl (C=O) groups is 1. The maximum atomic E-state index is 12.1. The lowest BCUT2D eigenvalue weighted by atomic mass is 10.0. The zero-order valence-electron chi connectivity index (χ0n) is 11.2. The molecule has 2 aromatic rings. The largest absolute Gasteiger partial charge is 0.449 e. The van der Waals surface area contributed by atoms with E-state index >= 15 is 0 Å². The molecule has 0 aliphatic carbocycles. The quantitative estimate of drug-likeness (QED) is 0.847. The van der Waals surface area contributed by atoms with Gasteiger partial charge >= 0.3 is 6.09 Å². The highest BCUT2D eigenvalue weighted by molar-refractivity contribution is 5.69. The molecule has 1 aliphatic heterocycles. The van der Waals surface area contributed by atoms with Crippen LogP contribution in [0.2, 0.25) is 0 Å². The van der Waals surface area contributed by atoms with E-state index in [1.807, 2.05) is 53.4 Å². The molecule has 3 nitrogen and oxygen atoms in total. The highest BCUT2D eigenvalue weighted by atomic mass is 16.6. The number of benzene rings is 2. The molecule has 20 heavy (non-hydrogen) atoms. The standard InChI is InChI=1S/C17H17NO2/c19-17-18(13-14-7-3-1-4-8-14)16(11-12-20-17)15-9-5-2-6-10-15/h1-10,16H,11-13H2/t16-/m1/s1. The van der Waals surface area contributed by atoms with Crippen molar-refractivity contribution in [2.75, 3.05) is 6.61 Å². The van der Waals surface area contributed by atoms with Gasteiger partial charge in [0.1, 0.15) is 0 Å². The minimum atomic E-state index is -0.228. The summed E-state index contributed by atoms with van der Waals surface area (Å²) < 4.78 is 5.20. The first-order valence-corrected chi connectivity index (χ1v) is 6.87. The van der Waals surface area contributed by atoms with Crippen LogP contribution in [0.5, 0.6) is 0 Å². The van der Waals surface area contributed by atoms with Crippen LogP contribution in [-0.2, 0) is 11.3 Å². The smallest absolute Gasteiger partial charge is 0.410 e. The molecule has 1 atom stereocenters. The van der Waals surface area contributed by atoms with E-state index in [1.54, 1.807) is 0 Å². The van der Waals surface area contributed by atoms with E-state index in [1.165, 1.54) is 5.56 Å². The molecule has 2 aromatic carbocycles. The molecule has 102 valence electrons. The number of cyclic esters (lactones) is 1. The second-order valence-electron chi connectivity index (χ2n) is 4.94. The van der Waals surface area contributed by atoms with Crippen LogP contribution in [0.15, 0.2) is 60.7 Å². The van der Waals surface area contributed by atoms with Gasteiger partial charge < -0.3 is 4.74 Å². The van der Waals surface area contributed by atoms with E-state index in [9.17, 15) is 4.79 Å². The Morgan fingerprint density at radius 3 is 2.35 bits per heavy atom. The highest BCUT2D eigenvalue weighted by Crippen LogP contribution is 2.30. The zero-order chi connectivity index (χ0) is 13.8. The molecule has 0 unspecified atom stereocenters. The Balaban J connectivity index is 1.86. The summed E-state index contributed by atoms with van der Waals surface area (Å²) in [7, 11) is 0. The van der Waals surface area contributed by atoms with Gasteiger partial charge in [0.2, 0.25) is 0 Å². The summed E-state index contributed by atoms with van der Waals surface area (Å²) in [5, 5.41) is 0. The van der Waals surface area contributed by atoms with E-state index in [2.05, 4.69) is 12.1 Å². The Hall–Kier alpha value is -2.29. The van der Waals surface area contributed by atoms with E-state index in [-0.39, 0.29) is 12.1 Å². The summed E-state index contributed by atoms with van der Waals surface area (Å²) in [6.45, 7) is 1.07. The average Bonchev–Trinajstić information content (AvgIpc) is 2.51. The van der Waals surface area contributed by atoms with E-state index in [4.69, 9.17) is 4.74 Å². The van der Waals surface area contributed by atoms with E-state index in [0.717, 1.165) is 12.0 Å². The van der Waals surface area contributed by atoms with Crippen LogP contribution >= 0.6 is 0 Å². The SMILES string of the molecule is O=C1OCC[C@H](c2ccccc2)N1Cc1ccccc1. The number of amides is 1. The molecule has 1 fully saturated rings. The fraction of sp³-hybridized carbons (Fsp3) is 0.235. The molecule has 0 radical (unpaired) electrons. The second-order valence-corrected chi connectivity index (χ2v) is 4.94. The van der Waals surface area contributed by atoms with E-state index in [0.29, 0.717) is 13.2 Å². The maximum Gasteiger partial charge on any atom is 0.410 e. The first kappa shape index (κ1) is 12.7. The van der Waals surface area contributed by atoms with Gasteiger partial charge in [-0.15, -0.1) is 0 Å². The predicted molar refractivity (Wildman–Crippen MR) is 77.1 cm³/mol. The van der Waals surface area contributed by atoms with Crippen molar-refractivity contribution in [3.8, 4) is 0 Å². The first-order chi connectivity index (χ1) is 9.84. The lowest BCUT2D eigenvalue weighted by Crippen LogP contribution is -2.39. The summed E-state index contributed by atoms with van der Waals surface area (Å²) in [6, 6.07) is 20.3. The first-order valence-electron chi connectivity index (χ1n) is 6.87. The Labute approximate surface area is 118 Å². The van der Waals surface area contributed by atoms with Crippen LogP contribution in [0.1, 0.15) is 23.6 Å². The molecule has 1 heterocycles. The molecular weight excluding hydrogens is 250 g/mol. The molecule has 1 saturated heterocycles. The fourth-order valence-corrected chi connectivity index (χ4v) is 2.60. The van der Waals surface area contributed by atoms with Gasteiger partial charge in [0, 0.05) is 13.0 Å². The average molecular weight is 267 g/mol. The molecule has 3 heteroatoms. The third-order valence-corrected chi connectivity index (χ3v) is 3.61. The summed E-state index contributed by atoms with van der Waals surface area (Å²) >= 11 is 0. The highest BCUT2D eigenvalue weighted by Gasteiger charge is 2.30. The molecule has 3 rings (SSSR count). The van der Waals surface area contributed by atoms with Crippen molar-refractivity contribution >= 4 is 6.09 Å². The van der Waals surface area contributed by atoms with Crippen molar-refractivity contribution in [3.05, 3.63) is 71.8 Å². The van der Waals surface area contributed by atoms with Crippen LogP contribution in [0.3, 0.4) is 0 Å². The molecule has 0 aromatic heterocycles. The number of nitrogens with zero attached hydrogens (tertiary/aromatic N) is 1. The monoisotopic (exact) mass is 267 g/mol. The molecule has 0 saturated carbocycles. The Kier molecular flexibility index (Phi) is 3.68. The molecule has 1 aliphatic rings. The van der Waals surface area contributed by atoms with Crippen LogP contribution in [0.25, 0.3) is 0 Å². The van der Waals surface area contributed by atoms with Crippen molar-refractivity contribution in [2.24, 2.45) is 0 Å². The fourth-order valence-electron chi connectivity index (χ4n) is 2.60. The molecule has 0 bridgehead atoms. The summed E-state index contributed by atoms with van der Waals surface area (Å²) in [5.74, 6) is 0. The Morgan fingerprint density at radius 2 is 1.65 bits per heavy atom. The van der Waals surface area contributed by atoms with Gasteiger partial charge in [-0.05, 0) is 11.1 Å². The Morgan fingerprint density at radius 1 is 1.00 bits per heavy atom. The summed E-state index contributed by atoms with van der Waals surface area (Å²) in [4.78, 5) is 13.9. The number of hydrogen-bond acceptors (Lipinski definition) is 2. The molecule has 0 spiro atoms. The Bertz CT molecular complexity index is 568. The minimum Gasteiger partial charge on any atom is -0.449 e. The van der Waals surface area contributed by atoms with E-state index < -0.39 is 0 Å². The van der Waals surface area contributed by atoms with Crippen molar-refractivity contribution < 1.29 is 9.53 Å². The molecule has 0 N–H and O–H groups in total. The molecular formula is C17H17NO2. The van der Waals surface area contributed by atoms with Gasteiger partial charge in [0.25, 0.3) is 0 Å². The molecule has 1 amide bonds. The number of rotatable bonds is 3. The van der Waals surface area contributed by atoms with Crippen LogP contribution in [0.4, 0.5) is 4.79 Å². The number of hydrogen-bond donors (Lipinski definition) is 0. The summed E-state index contributed by atoms with van der Waals surface area (Å²) in [6.07, 6.45) is 0.608. The second kappa shape index (κ2) is 5.78. The van der Waals surface area contributed by atoms with Crippen molar-refractivity contribution in [1.29, 1.82) is 0 Å². The van der Waals surface area contributed by atoms with Gasteiger partial charge in [-0.2, -0.15) is 0 Å². The predicted octanol–water partition coefficient (Wildman–Crippen LogP) is 3.77. The van der Waals surface area contributed by atoms with Crippen molar-refractivity contribution in [1.82, 2.24) is 4.90 Å². The van der Waals surface area contributed by atoms with Crippen LogP contribution in [-0.4, -0.2) is 17.6 Å². The maximum absolute atomic E-state index is 12.1. The number of ether oxygens (including phenoxy) is 1. The van der Waals surface area contributed by atoms with Crippen LogP contribution in [0, 0.1) is 0 Å². The summed E-state index contributed by atoms with van der Waals surface area (Å²) in [5.41, 5.74) is 2.28. The van der Waals surface area contributed by atoms with Gasteiger partial charge in [-0.25, -0.2) is 4.79 Å². The van der Waals surface area contributed by atoms with Gasteiger partial charge in [-0.1, -0.05) is 60.7 Å². The van der Waals surface area contributed by atoms with Crippen LogP contribution < -0.4 is 0 Å². The third-order valence-electron chi connectivity index (χ3n) is 3.61. The van der Waals surface area contributed by atoms with Gasteiger partial charge in [0.15, 0.2) is 0 Å². The zero-order valence-corrected chi connectivity index (χ0v) is 11.2. The third kappa shape index (κ3) is 2.67. The topological polar surface area (TPSA) is 29.5 Å². The van der Waals surface area contributed by atoms with Crippen molar-refractivity contribution in [2.45, 2.75) is 19.0 Å². The lowest BCUT2D eigenvalue weighted by molar-refractivity contribution is 0.0400. The van der Waals surface area contributed by atoms with Crippen molar-refractivity contribution in [3.63, 3.8) is 0 Å².